The quantitative estimate of drug-likeness (QED) is 0.498. The Hall–Kier alpha value is 0.420. The van der Waals surface area contributed by atoms with E-state index < -0.39 is 25.1 Å². The summed E-state index contributed by atoms with van der Waals surface area (Å²) in [5, 5.41) is 22.9. The van der Waals surface area contributed by atoms with Crippen LogP contribution in [0.3, 0.4) is 0 Å². The monoisotopic (exact) mass is 280 g/mol. The molecule has 0 aliphatic heterocycles. The van der Waals surface area contributed by atoms with Crippen LogP contribution in [-0.4, -0.2) is 48.5 Å². The smallest absolute Gasteiger partial charge is 0.0584 e. The minimum Gasteiger partial charge on any atom is -0.395 e. The summed E-state index contributed by atoms with van der Waals surface area (Å²) in [6, 6.07) is -1.02. The molecule has 0 aromatic carbocycles. The molecule has 0 rings (SSSR count). The van der Waals surface area contributed by atoms with E-state index in [1.165, 1.54) is 0 Å². The van der Waals surface area contributed by atoms with Crippen LogP contribution in [0.4, 0.5) is 0 Å². The molecule has 0 bridgehead atoms. The molecule has 102 valence electrons. The molecular weight excluding hydrogens is 251 g/mol. The largest absolute Gasteiger partial charge is 0.395 e. The topological polar surface area (TPSA) is 64.5 Å². The van der Waals surface area contributed by atoms with Crippen molar-refractivity contribution in [2.24, 2.45) is 0 Å². The van der Waals surface area contributed by atoms with Crippen LogP contribution in [-0.2, 0) is 0 Å². The van der Waals surface area contributed by atoms with E-state index in [9.17, 15) is 0 Å². The molecule has 4 N–H and O–H groups in total. The van der Waals surface area contributed by atoms with Crippen LogP contribution in [0.1, 0.15) is 32.2 Å². The molecule has 0 heterocycles. The molecule has 0 aromatic heterocycles. The maximum atomic E-state index is 9.02. The first-order valence-electron chi connectivity index (χ1n) is 7.01. The second-order valence-electron chi connectivity index (χ2n) is 3.11. The fraction of sp³-hybridized carbons (Fsp3) is 1.00. The van der Waals surface area contributed by atoms with Crippen LogP contribution in [0, 0.1) is 0 Å². The van der Waals surface area contributed by atoms with Gasteiger partial charge < -0.3 is 20.8 Å². The summed E-state index contributed by atoms with van der Waals surface area (Å²) in [5.41, 5.74) is 0. The van der Waals surface area contributed by atoms with Crippen LogP contribution in [0.5, 0.6) is 0 Å². The van der Waals surface area contributed by atoms with Crippen LogP contribution < -0.4 is 10.6 Å². The molecule has 2 atom stereocenters. The van der Waals surface area contributed by atoms with E-state index in [2.05, 4.69) is 10.6 Å². The number of rotatable bonds is 9. The van der Waals surface area contributed by atoms with E-state index in [0.29, 0.717) is 12.8 Å². The highest BCUT2D eigenvalue weighted by Gasteiger charge is 2.04. The Morgan fingerprint density at radius 1 is 0.938 bits per heavy atom. The highest BCUT2D eigenvalue weighted by molar-refractivity contribution is 5.85. The SMILES string of the molecule is Cl.Cl.[2H]C([2H])(NC(CC)CO)C([2H])([2H])NC(CC)CO. The molecule has 0 radical (unpaired) electrons. The summed E-state index contributed by atoms with van der Waals surface area (Å²) < 4.78 is 30.9. The predicted octanol–water partition coefficient (Wildman–Crippen LogP) is 0.551. The van der Waals surface area contributed by atoms with E-state index in [1.54, 1.807) is 13.8 Å². The van der Waals surface area contributed by atoms with E-state index in [-0.39, 0.29) is 38.0 Å². The lowest BCUT2D eigenvalue weighted by molar-refractivity contribution is 0.229. The maximum Gasteiger partial charge on any atom is 0.0584 e. The van der Waals surface area contributed by atoms with Crippen molar-refractivity contribution in [2.75, 3.05) is 26.2 Å². The molecule has 0 aliphatic carbocycles. The average Bonchev–Trinajstić information content (AvgIpc) is 2.32. The van der Waals surface area contributed by atoms with Gasteiger partial charge in [-0.15, -0.1) is 24.8 Å². The summed E-state index contributed by atoms with van der Waals surface area (Å²) >= 11 is 0. The van der Waals surface area contributed by atoms with Crippen molar-refractivity contribution in [3.8, 4) is 0 Å². The third-order valence-corrected chi connectivity index (χ3v) is 2.04. The van der Waals surface area contributed by atoms with Gasteiger partial charge in [0.05, 0.1) is 13.2 Å². The van der Waals surface area contributed by atoms with E-state index in [0.717, 1.165) is 0 Å². The summed E-state index contributed by atoms with van der Waals surface area (Å²) in [5.74, 6) is 0. The zero-order chi connectivity index (χ0) is 14.4. The first-order chi connectivity index (χ1) is 8.24. The van der Waals surface area contributed by atoms with Crippen molar-refractivity contribution in [1.82, 2.24) is 10.6 Å². The number of aliphatic hydroxyl groups excluding tert-OH is 2. The zero-order valence-electron chi connectivity index (χ0n) is 13.7. The lowest BCUT2D eigenvalue weighted by Gasteiger charge is -2.17. The van der Waals surface area contributed by atoms with Crippen LogP contribution in [0.15, 0.2) is 0 Å². The Morgan fingerprint density at radius 3 is 1.44 bits per heavy atom. The fourth-order valence-electron chi connectivity index (χ4n) is 0.830. The molecule has 0 saturated carbocycles. The van der Waals surface area contributed by atoms with E-state index in [1.807, 2.05) is 0 Å². The molecule has 0 aliphatic rings. The van der Waals surface area contributed by atoms with Gasteiger partial charge in [-0.25, -0.2) is 0 Å². The van der Waals surface area contributed by atoms with Crippen molar-refractivity contribution >= 4 is 24.8 Å². The Bertz CT molecular complexity index is 219. The number of nitrogens with one attached hydrogen (secondary N) is 2. The van der Waals surface area contributed by atoms with Crippen molar-refractivity contribution in [1.29, 1.82) is 0 Å². The predicted molar refractivity (Wildman–Crippen MR) is 72.8 cm³/mol. The standard InChI is InChI=1S/C10H24N2O2.2ClH/c1-3-9(7-13)11-5-6-12-10(4-2)8-14;;/h9-14H,3-8H2,1-2H3;2*1H/i5D2,6D2;;. The van der Waals surface area contributed by atoms with Crippen LogP contribution >= 0.6 is 24.8 Å². The Balaban J connectivity index is -0.00000144. The van der Waals surface area contributed by atoms with Gasteiger partial charge in [-0.05, 0) is 12.8 Å². The van der Waals surface area contributed by atoms with E-state index in [4.69, 9.17) is 15.7 Å². The Labute approximate surface area is 117 Å². The molecule has 0 saturated heterocycles. The molecule has 6 heteroatoms. The number of hydrogen-bond acceptors (Lipinski definition) is 4. The van der Waals surface area contributed by atoms with Crippen molar-refractivity contribution in [2.45, 2.75) is 38.8 Å². The first-order valence-corrected chi connectivity index (χ1v) is 5.01. The van der Waals surface area contributed by atoms with Crippen molar-refractivity contribution in [3.05, 3.63) is 0 Å². The highest BCUT2D eigenvalue weighted by Crippen LogP contribution is 1.89. The summed E-state index contributed by atoms with van der Waals surface area (Å²) in [6.45, 7) is -1.67. The minimum atomic E-state index is -2.35. The van der Waals surface area contributed by atoms with E-state index >= 15 is 0 Å². The van der Waals surface area contributed by atoms with Gasteiger partial charge in [0.15, 0.2) is 0 Å². The van der Waals surface area contributed by atoms with Crippen molar-refractivity contribution < 1.29 is 15.7 Å². The van der Waals surface area contributed by atoms with Gasteiger partial charge in [0, 0.05) is 30.6 Å². The number of hydrogen-bond donors (Lipinski definition) is 4. The average molecular weight is 281 g/mol. The number of aliphatic hydroxyl groups is 2. The molecule has 0 amide bonds. The molecular formula is C10H26Cl2N2O2. The van der Waals surface area contributed by atoms with Gasteiger partial charge in [0.1, 0.15) is 0 Å². The second kappa shape index (κ2) is 15.4. The third-order valence-electron chi connectivity index (χ3n) is 2.04. The summed E-state index contributed by atoms with van der Waals surface area (Å²) in [6.07, 6.45) is 0.979. The van der Waals surface area contributed by atoms with Crippen molar-refractivity contribution in [3.63, 3.8) is 0 Å². The molecule has 2 unspecified atom stereocenters. The van der Waals surface area contributed by atoms with Crippen LogP contribution in [0.2, 0.25) is 0 Å². The minimum absolute atomic E-state index is 0. The molecule has 0 aromatic rings. The zero-order valence-corrected chi connectivity index (χ0v) is 11.3. The first kappa shape index (κ1) is 12.9. The van der Waals surface area contributed by atoms with Gasteiger partial charge in [0.25, 0.3) is 0 Å². The molecule has 0 spiro atoms. The van der Waals surface area contributed by atoms with Gasteiger partial charge in [-0.1, -0.05) is 13.8 Å². The normalized spacial score (nSPS) is 19.0. The van der Waals surface area contributed by atoms with Crippen LogP contribution in [0.25, 0.3) is 0 Å². The highest BCUT2D eigenvalue weighted by atomic mass is 35.5. The summed E-state index contributed by atoms with van der Waals surface area (Å²) in [7, 11) is 0. The molecule has 16 heavy (non-hydrogen) atoms. The Morgan fingerprint density at radius 2 is 1.25 bits per heavy atom. The fourth-order valence-corrected chi connectivity index (χ4v) is 0.830. The van der Waals surface area contributed by atoms with Gasteiger partial charge in [-0.3, -0.25) is 0 Å². The molecule has 0 fully saturated rings. The summed E-state index contributed by atoms with van der Waals surface area (Å²) in [4.78, 5) is 0. The van der Waals surface area contributed by atoms with Gasteiger partial charge in [0.2, 0.25) is 0 Å². The maximum absolute atomic E-state index is 9.02. The van der Waals surface area contributed by atoms with Gasteiger partial charge in [-0.2, -0.15) is 0 Å². The lowest BCUT2D eigenvalue weighted by Crippen LogP contribution is -2.40. The molecule has 4 nitrogen and oxygen atoms in total. The second-order valence-corrected chi connectivity index (χ2v) is 3.11. The lowest BCUT2D eigenvalue weighted by atomic mass is 10.2. The third kappa shape index (κ3) is 10.9. The Kier molecular flexibility index (Phi) is 12.4. The van der Waals surface area contributed by atoms with Gasteiger partial charge >= 0.3 is 0 Å². The number of halogens is 2.